The third kappa shape index (κ3) is 5.08. The summed E-state index contributed by atoms with van der Waals surface area (Å²) in [4.78, 5) is 12.8. The van der Waals surface area contributed by atoms with Crippen LogP contribution in [0.1, 0.15) is 5.56 Å². The number of carbonyl (C=O) groups is 1. The summed E-state index contributed by atoms with van der Waals surface area (Å²) in [5.41, 5.74) is 0.988. The molecule has 2 rings (SSSR count). The molecule has 1 amide bonds. The fourth-order valence-electron chi connectivity index (χ4n) is 1.58. The highest BCUT2D eigenvalue weighted by Crippen LogP contribution is 2.20. The molecule has 2 aromatic rings. The molecule has 0 radical (unpaired) electrons. The number of thioether (sulfide) groups is 1. The van der Waals surface area contributed by atoms with Gasteiger partial charge < -0.3 is 5.32 Å². The number of nitrogens with one attached hydrogen (secondary N) is 1. The molecule has 1 N–H and O–H groups in total. The van der Waals surface area contributed by atoms with Crippen LogP contribution in [0.4, 0.5) is 0 Å². The summed E-state index contributed by atoms with van der Waals surface area (Å²) in [6, 6.07) is 14.9. The smallest absolute Gasteiger partial charge is 0.230 e. The predicted octanol–water partition coefficient (Wildman–Crippen LogP) is 4.40. The van der Waals surface area contributed by atoms with E-state index in [0.717, 1.165) is 10.5 Å². The maximum atomic E-state index is 11.8. The van der Waals surface area contributed by atoms with Crippen molar-refractivity contribution < 1.29 is 4.79 Å². The fraction of sp³-hybridized carbons (Fsp3) is 0.133. The molecule has 0 aromatic heterocycles. The van der Waals surface area contributed by atoms with Crippen LogP contribution in [0.25, 0.3) is 0 Å². The van der Waals surface area contributed by atoms with E-state index in [2.05, 4.69) is 5.32 Å². The van der Waals surface area contributed by atoms with Gasteiger partial charge in [0, 0.05) is 21.5 Å². The molecule has 0 spiro atoms. The number of halogens is 2. The summed E-state index contributed by atoms with van der Waals surface area (Å²) in [5.74, 6) is 0.368. The molecule has 0 unspecified atom stereocenters. The summed E-state index contributed by atoms with van der Waals surface area (Å²) in [5, 5.41) is 4.23. The Bertz CT molecular complexity index is 587. The van der Waals surface area contributed by atoms with Crippen LogP contribution in [0, 0.1) is 0 Å². The van der Waals surface area contributed by atoms with Crippen LogP contribution in [-0.2, 0) is 11.3 Å². The van der Waals surface area contributed by atoms with Gasteiger partial charge in [0.25, 0.3) is 0 Å². The van der Waals surface area contributed by atoms with E-state index in [0.29, 0.717) is 22.3 Å². The quantitative estimate of drug-likeness (QED) is 0.825. The van der Waals surface area contributed by atoms with E-state index < -0.39 is 0 Å². The SMILES string of the molecule is O=C(CSc1ccc(Cl)cc1)NCc1cccc(Cl)c1. The molecule has 0 fully saturated rings. The maximum absolute atomic E-state index is 11.8. The third-order valence-corrected chi connectivity index (χ3v) is 4.06. The lowest BCUT2D eigenvalue weighted by Crippen LogP contribution is -2.24. The highest BCUT2D eigenvalue weighted by molar-refractivity contribution is 8.00. The van der Waals surface area contributed by atoms with Crippen molar-refractivity contribution in [2.24, 2.45) is 0 Å². The van der Waals surface area contributed by atoms with Gasteiger partial charge in [-0.1, -0.05) is 35.3 Å². The van der Waals surface area contributed by atoms with Crippen molar-refractivity contribution in [3.8, 4) is 0 Å². The van der Waals surface area contributed by atoms with Crippen LogP contribution >= 0.6 is 35.0 Å². The highest BCUT2D eigenvalue weighted by Gasteiger charge is 2.03. The molecule has 0 atom stereocenters. The summed E-state index contributed by atoms with van der Waals surface area (Å²) < 4.78 is 0. The fourth-order valence-corrected chi connectivity index (χ4v) is 2.65. The first-order chi connectivity index (χ1) is 9.63. The molecule has 0 saturated heterocycles. The van der Waals surface area contributed by atoms with E-state index in [4.69, 9.17) is 23.2 Å². The van der Waals surface area contributed by atoms with Crippen LogP contribution in [0.5, 0.6) is 0 Å². The second-order valence-electron chi connectivity index (χ2n) is 4.15. The van der Waals surface area contributed by atoms with E-state index in [1.165, 1.54) is 11.8 Å². The van der Waals surface area contributed by atoms with Gasteiger partial charge in [-0.15, -0.1) is 11.8 Å². The molecule has 0 aliphatic heterocycles. The molecule has 104 valence electrons. The van der Waals surface area contributed by atoms with E-state index >= 15 is 0 Å². The second-order valence-corrected chi connectivity index (χ2v) is 6.07. The van der Waals surface area contributed by atoms with Gasteiger partial charge in [0.2, 0.25) is 5.91 Å². The number of hydrogen-bond acceptors (Lipinski definition) is 2. The van der Waals surface area contributed by atoms with Gasteiger partial charge in [-0.2, -0.15) is 0 Å². The number of carbonyl (C=O) groups excluding carboxylic acids is 1. The van der Waals surface area contributed by atoms with E-state index in [1.54, 1.807) is 0 Å². The zero-order valence-corrected chi connectivity index (χ0v) is 12.9. The van der Waals surface area contributed by atoms with Crippen LogP contribution in [-0.4, -0.2) is 11.7 Å². The molecule has 0 aliphatic rings. The minimum Gasteiger partial charge on any atom is -0.351 e. The Balaban J connectivity index is 1.77. The standard InChI is InChI=1S/C15H13Cl2NOS/c16-12-4-6-14(7-5-12)20-10-15(19)18-9-11-2-1-3-13(17)8-11/h1-8H,9-10H2,(H,18,19). The average Bonchev–Trinajstić information content (AvgIpc) is 2.45. The van der Waals surface area contributed by atoms with Crippen molar-refractivity contribution in [1.29, 1.82) is 0 Å². The lowest BCUT2D eigenvalue weighted by molar-refractivity contribution is -0.118. The first kappa shape index (κ1) is 15.2. The van der Waals surface area contributed by atoms with Gasteiger partial charge in [-0.3, -0.25) is 4.79 Å². The van der Waals surface area contributed by atoms with Crippen molar-refractivity contribution in [3.05, 3.63) is 64.1 Å². The number of benzene rings is 2. The van der Waals surface area contributed by atoms with Crippen molar-refractivity contribution in [3.63, 3.8) is 0 Å². The topological polar surface area (TPSA) is 29.1 Å². The summed E-state index contributed by atoms with van der Waals surface area (Å²) >= 11 is 13.2. The first-order valence-corrected chi connectivity index (χ1v) is 7.77. The minimum atomic E-state index is -0.00933. The van der Waals surface area contributed by atoms with Crippen LogP contribution < -0.4 is 5.32 Å². The lowest BCUT2D eigenvalue weighted by Gasteiger charge is -2.06. The highest BCUT2D eigenvalue weighted by atomic mass is 35.5. The Morgan fingerprint density at radius 1 is 1.05 bits per heavy atom. The molecule has 0 saturated carbocycles. The largest absolute Gasteiger partial charge is 0.351 e. The normalized spacial score (nSPS) is 10.3. The van der Waals surface area contributed by atoms with E-state index in [1.807, 2.05) is 48.5 Å². The zero-order valence-electron chi connectivity index (χ0n) is 10.6. The number of amides is 1. The third-order valence-electron chi connectivity index (χ3n) is 2.56. The van der Waals surface area contributed by atoms with Gasteiger partial charge >= 0.3 is 0 Å². The van der Waals surface area contributed by atoms with Crippen LogP contribution in [0.15, 0.2) is 53.4 Å². The van der Waals surface area contributed by atoms with Crippen molar-refractivity contribution in [2.75, 3.05) is 5.75 Å². The number of rotatable bonds is 5. The van der Waals surface area contributed by atoms with Gasteiger partial charge in [-0.25, -0.2) is 0 Å². The average molecular weight is 326 g/mol. The summed E-state index contributed by atoms with van der Waals surface area (Å²) in [7, 11) is 0. The van der Waals surface area contributed by atoms with E-state index in [9.17, 15) is 4.79 Å². The number of hydrogen-bond donors (Lipinski definition) is 1. The maximum Gasteiger partial charge on any atom is 0.230 e. The van der Waals surface area contributed by atoms with Gasteiger partial charge in [0.05, 0.1) is 5.75 Å². The molecule has 2 aromatic carbocycles. The molecule has 5 heteroatoms. The lowest BCUT2D eigenvalue weighted by atomic mass is 10.2. The van der Waals surface area contributed by atoms with Crippen molar-refractivity contribution in [1.82, 2.24) is 5.32 Å². The Kier molecular flexibility index (Phi) is 5.77. The molecule has 0 aliphatic carbocycles. The van der Waals surface area contributed by atoms with Gasteiger partial charge in [-0.05, 0) is 42.0 Å². The van der Waals surface area contributed by atoms with E-state index in [-0.39, 0.29) is 5.91 Å². The molecular weight excluding hydrogens is 313 g/mol. The Labute approximate surface area is 132 Å². The molecule has 2 nitrogen and oxygen atoms in total. The zero-order chi connectivity index (χ0) is 14.4. The molecule has 0 heterocycles. The minimum absolute atomic E-state index is 0.00933. The van der Waals surface area contributed by atoms with Crippen LogP contribution in [0.2, 0.25) is 10.0 Å². The van der Waals surface area contributed by atoms with Gasteiger partial charge in [0.1, 0.15) is 0 Å². The summed E-state index contributed by atoms with van der Waals surface area (Å²) in [6.07, 6.45) is 0. The summed E-state index contributed by atoms with van der Waals surface area (Å²) in [6.45, 7) is 0.487. The van der Waals surface area contributed by atoms with Crippen molar-refractivity contribution in [2.45, 2.75) is 11.4 Å². The van der Waals surface area contributed by atoms with Gasteiger partial charge in [0.15, 0.2) is 0 Å². The molecule has 20 heavy (non-hydrogen) atoms. The van der Waals surface area contributed by atoms with Crippen LogP contribution in [0.3, 0.4) is 0 Å². The van der Waals surface area contributed by atoms with Crippen molar-refractivity contribution >= 4 is 40.9 Å². The molecule has 0 bridgehead atoms. The first-order valence-electron chi connectivity index (χ1n) is 6.03. The molecular formula is C15H13Cl2NOS. The predicted molar refractivity (Wildman–Crippen MR) is 85.5 cm³/mol. The second kappa shape index (κ2) is 7.58. The monoisotopic (exact) mass is 325 g/mol. The Morgan fingerprint density at radius 3 is 2.50 bits per heavy atom. The Morgan fingerprint density at radius 2 is 1.80 bits per heavy atom. The Hall–Kier alpha value is -1.16.